The monoisotopic (exact) mass is 359 g/mol. The van der Waals surface area contributed by atoms with Crippen molar-refractivity contribution in [3.05, 3.63) is 54.1 Å². The molecule has 1 aliphatic heterocycles. The Morgan fingerprint density at radius 1 is 1.12 bits per heavy atom. The Morgan fingerprint density at radius 3 is 2.56 bits per heavy atom. The highest BCUT2D eigenvalue weighted by Gasteiger charge is 2.17. The van der Waals surface area contributed by atoms with Crippen LogP contribution in [0.25, 0.3) is 0 Å². The zero-order chi connectivity index (χ0) is 17.9. The summed E-state index contributed by atoms with van der Waals surface area (Å²) in [4.78, 5) is 14.4. The summed E-state index contributed by atoms with van der Waals surface area (Å²) in [5, 5.41) is 7.84. The maximum atomic E-state index is 12.2. The molecule has 2 aromatic rings. The first kappa shape index (κ1) is 17.4. The van der Waals surface area contributed by atoms with Gasteiger partial charge < -0.3 is 10.2 Å². The second kappa shape index (κ2) is 7.25. The number of primary sulfonamides is 1. The number of aryl methyl sites for hydroxylation is 1. The van der Waals surface area contributed by atoms with Gasteiger partial charge in [0.1, 0.15) is 0 Å². The summed E-state index contributed by atoms with van der Waals surface area (Å²) in [5.41, 5.74) is 3.09. The van der Waals surface area contributed by atoms with Crippen LogP contribution in [-0.4, -0.2) is 27.4 Å². The molecule has 0 spiro atoms. The Morgan fingerprint density at radius 2 is 1.84 bits per heavy atom. The molecule has 25 heavy (non-hydrogen) atoms. The lowest BCUT2D eigenvalue weighted by Gasteiger charge is -2.31. The lowest BCUT2D eigenvalue weighted by atomic mass is 10.0. The molecule has 0 fully saturated rings. The van der Waals surface area contributed by atoms with Crippen molar-refractivity contribution in [2.24, 2.45) is 5.14 Å². The van der Waals surface area contributed by atoms with E-state index in [1.54, 1.807) is 0 Å². The minimum Gasteiger partial charge on any atom is -0.371 e. The van der Waals surface area contributed by atoms with Gasteiger partial charge in [0.15, 0.2) is 0 Å². The van der Waals surface area contributed by atoms with E-state index in [1.807, 2.05) is 12.1 Å². The number of amides is 1. The molecule has 132 valence electrons. The van der Waals surface area contributed by atoms with Gasteiger partial charge in [-0.2, -0.15) is 0 Å². The van der Waals surface area contributed by atoms with Gasteiger partial charge in [0.2, 0.25) is 15.9 Å². The Labute approximate surface area is 147 Å². The number of nitrogens with zero attached hydrogens (tertiary/aromatic N) is 1. The maximum absolute atomic E-state index is 12.2. The quantitative estimate of drug-likeness (QED) is 0.855. The van der Waals surface area contributed by atoms with E-state index >= 15 is 0 Å². The number of rotatable bonds is 5. The van der Waals surface area contributed by atoms with Gasteiger partial charge in [-0.25, -0.2) is 13.6 Å². The highest BCUT2D eigenvalue weighted by Crippen LogP contribution is 2.26. The fourth-order valence-electron chi connectivity index (χ4n) is 3.03. The average molecular weight is 359 g/mol. The number of fused-ring (bicyclic) bond motifs is 1. The van der Waals surface area contributed by atoms with Crippen molar-refractivity contribution >= 4 is 27.3 Å². The highest BCUT2D eigenvalue weighted by atomic mass is 32.2. The molecule has 7 heteroatoms. The fraction of sp³-hybridized carbons (Fsp3) is 0.278. The van der Waals surface area contributed by atoms with E-state index in [1.165, 1.54) is 35.5 Å². The molecule has 0 aromatic heterocycles. The summed E-state index contributed by atoms with van der Waals surface area (Å²) >= 11 is 0. The molecule has 1 amide bonds. The second-order valence-corrected chi connectivity index (χ2v) is 7.65. The molecule has 1 aliphatic rings. The van der Waals surface area contributed by atoms with Gasteiger partial charge in [-0.05, 0) is 48.7 Å². The van der Waals surface area contributed by atoms with Gasteiger partial charge in [-0.15, -0.1) is 0 Å². The molecule has 2 aromatic carbocycles. The average Bonchev–Trinajstić information content (AvgIpc) is 2.59. The van der Waals surface area contributed by atoms with Gasteiger partial charge in [0.05, 0.1) is 4.90 Å². The maximum Gasteiger partial charge on any atom is 0.238 e. The van der Waals surface area contributed by atoms with Gasteiger partial charge in [-0.1, -0.05) is 18.2 Å². The van der Waals surface area contributed by atoms with E-state index < -0.39 is 10.0 Å². The first-order chi connectivity index (χ1) is 11.9. The fourth-order valence-corrected chi connectivity index (χ4v) is 3.55. The smallest absolute Gasteiger partial charge is 0.238 e. The minimum atomic E-state index is -3.72. The third kappa shape index (κ3) is 4.37. The largest absolute Gasteiger partial charge is 0.371 e. The van der Waals surface area contributed by atoms with E-state index in [0.717, 1.165) is 19.4 Å². The van der Waals surface area contributed by atoms with Crippen molar-refractivity contribution in [2.45, 2.75) is 24.2 Å². The van der Waals surface area contributed by atoms with Crippen molar-refractivity contribution in [1.82, 2.24) is 0 Å². The lowest BCUT2D eigenvalue weighted by molar-refractivity contribution is -0.116. The number of hydrogen-bond donors (Lipinski definition) is 2. The van der Waals surface area contributed by atoms with Gasteiger partial charge >= 0.3 is 0 Å². The van der Waals surface area contributed by atoms with Crippen LogP contribution < -0.4 is 15.4 Å². The first-order valence-electron chi connectivity index (χ1n) is 8.19. The van der Waals surface area contributed by atoms with Crippen LogP contribution >= 0.6 is 0 Å². The molecule has 1 heterocycles. The summed E-state index contributed by atoms with van der Waals surface area (Å²) in [6, 6.07) is 14.1. The molecule has 3 rings (SSSR count). The van der Waals surface area contributed by atoms with Crippen molar-refractivity contribution in [1.29, 1.82) is 0 Å². The normalized spacial score (nSPS) is 14.0. The van der Waals surface area contributed by atoms with Gasteiger partial charge in [0, 0.05) is 30.9 Å². The predicted molar refractivity (Wildman–Crippen MR) is 98.0 cm³/mol. The van der Waals surface area contributed by atoms with Gasteiger partial charge in [-0.3, -0.25) is 4.79 Å². The number of nitrogens with two attached hydrogens (primary N) is 1. The Bertz CT molecular complexity index is 863. The standard InChI is InChI=1S/C18H21N3O3S/c19-25(23,24)16-9-7-15(8-10-16)20-18(22)11-13-21-12-3-5-14-4-1-2-6-17(14)21/h1-2,4,6-10H,3,5,11-13H2,(H,20,22)(H2,19,23,24). The van der Waals surface area contributed by atoms with E-state index in [-0.39, 0.29) is 10.8 Å². The molecule has 0 saturated heterocycles. The molecule has 0 bridgehead atoms. The summed E-state index contributed by atoms with van der Waals surface area (Å²) in [6.45, 7) is 1.60. The van der Waals surface area contributed by atoms with E-state index in [0.29, 0.717) is 18.7 Å². The molecule has 6 nitrogen and oxygen atoms in total. The third-order valence-corrected chi connectivity index (χ3v) is 5.21. The van der Waals surface area contributed by atoms with Crippen molar-refractivity contribution < 1.29 is 13.2 Å². The Balaban J connectivity index is 1.57. The molecule has 0 radical (unpaired) electrons. The van der Waals surface area contributed by atoms with E-state index in [9.17, 15) is 13.2 Å². The van der Waals surface area contributed by atoms with Crippen molar-refractivity contribution in [2.75, 3.05) is 23.3 Å². The molecular formula is C18H21N3O3S. The van der Waals surface area contributed by atoms with Crippen LogP contribution in [0.2, 0.25) is 0 Å². The lowest BCUT2D eigenvalue weighted by Crippen LogP contribution is -2.32. The molecule has 0 aliphatic carbocycles. The number of benzene rings is 2. The van der Waals surface area contributed by atoms with Crippen LogP contribution in [0.15, 0.2) is 53.4 Å². The number of hydrogen-bond acceptors (Lipinski definition) is 4. The van der Waals surface area contributed by atoms with Crippen molar-refractivity contribution in [3.8, 4) is 0 Å². The number of carbonyl (C=O) groups excluding carboxylic acids is 1. The number of anilines is 2. The van der Waals surface area contributed by atoms with Crippen LogP contribution in [0.3, 0.4) is 0 Å². The molecule has 3 N–H and O–H groups in total. The van der Waals surface area contributed by atoms with Crippen LogP contribution in [0.1, 0.15) is 18.4 Å². The highest BCUT2D eigenvalue weighted by molar-refractivity contribution is 7.89. The Kier molecular flexibility index (Phi) is 5.06. The van der Waals surface area contributed by atoms with Crippen LogP contribution in [0.4, 0.5) is 11.4 Å². The van der Waals surface area contributed by atoms with E-state index in [4.69, 9.17) is 5.14 Å². The van der Waals surface area contributed by atoms with Crippen LogP contribution in [0.5, 0.6) is 0 Å². The number of carbonyl (C=O) groups is 1. The minimum absolute atomic E-state index is 0.0235. The zero-order valence-corrected chi connectivity index (χ0v) is 14.6. The van der Waals surface area contributed by atoms with E-state index in [2.05, 4.69) is 22.3 Å². The zero-order valence-electron chi connectivity index (χ0n) is 13.8. The number of para-hydroxylation sites is 1. The summed E-state index contributed by atoms with van der Waals surface area (Å²) in [6.07, 6.45) is 2.54. The van der Waals surface area contributed by atoms with Crippen LogP contribution in [0, 0.1) is 0 Å². The third-order valence-electron chi connectivity index (χ3n) is 4.28. The van der Waals surface area contributed by atoms with Crippen LogP contribution in [-0.2, 0) is 21.2 Å². The predicted octanol–water partition coefficient (Wildman–Crippen LogP) is 2.12. The topological polar surface area (TPSA) is 92.5 Å². The summed E-state index contributed by atoms with van der Waals surface area (Å²) in [7, 11) is -3.72. The molecular weight excluding hydrogens is 338 g/mol. The molecule has 0 atom stereocenters. The molecule has 0 unspecified atom stereocenters. The first-order valence-corrected chi connectivity index (χ1v) is 9.74. The summed E-state index contributed by atoms with van der Waals surface area (Å²) in [5.74, 6) is -0.105. The number of sulfonamides is 1. The second-order valence-electron chi connectivity index (χ2n) is 6.09. The SMILES string of the molecule is NS(=O)(=O)c1ccc(NC(=O)CCN2CCCc3ccccc32)cc1. The number of nitrogens with one attached hydrogen (secondary N) is 1. The van der Waals surface area contributed by atoms with Crippen molar-refractivity contribution in [3.63, 3.8) is 0 Å². The summed E-state index contributed by atoms with van der Waals surface area (Å²) < 4.78 is 22.5. The Hall–Kier alpha value is -2.38. The van der Waals surface area contributed by atoms with Gasteiger partial charge in [0.25, 0.3) is 0 Å². The molecule has 0 saturated carbocycles.